The fourth-order valence-corrected chi connectivity index (χ4v) is 3.62. The highest BCUT2D eigenvalue weighted by Gasteiger charge is 2.10. The number of thiazole rings is 1. The summed E-state index contributed by atoms with van der Waals surface area (Å²) >= 11 is 13.5. The van der Waals surface area contributed by atoms with Crippen LogP contribution in [0, 0.1) is 0 Å². The minimum absolute atomic E-state index is 0.120. The van der Waals surface area contributed by atoms with Crippen molar-refractivity contribution < 1.29 is 14.3 Å². The zero-order valence-electron chi connectivity index (χ0n) is 14.4. The minimum atomic E-state index is -0.289. The number of rotatable bonds is 7. The molecule has 0 radical (unpaired) electrons. The first kappa shape index (κ1) is 19.5. The van der Waals surface area contributed by atoms with Gasteiger partial charge in [0.25, 0.3) is 5.91 Å². The molecule has 0 aliphatic rings. The maximum Gasteiger partial charge on any atom is 0.264 e. The molecule has 0 aliphatic heterocycles. The SMILES string of the molecule is COc1cccc(OCC(=O)Nc2ncc(Cc3ccc(Cl)cc3Cl)s2)c1. The first-order chi connectivity index (χ1) is 13.0. The van der Waals surface area contributed by atoms with E-state index >= 15 is 0 Å². The molecule has 0 aliphatic carbocycles. The molecule has 0 unspecified atom stereocenters. The molecular formula is C19H16Cl2N2O3S. The highest BCUT2D eigenvalue weighted by molar-refractivity contribution is 7.15. The van der Waals surface area contributed by atoms with E-state index in [1.54, 1.807) is 49.7 Å². The molecule has 27 heavy (non-hydrogen) atoms. The number of anilines is 1. The van der Waals surface area contributed by atoms with E-state index in [0.29, 0.717) is 33.1 Å². The smallest absolute Gasteiger partial charge is 0.264 e. The number of methoxy groups -OCH3 is 1. The van der Waals surface area contributed by atoms with Gasteiger partial charge in [0.1, 0.15) is 11.5 Å². The van der Waals surface area contributed by atoms with Crippen molar-refractivity contribution in [1.29, 1.82) is 0 Å². The van der Waals surface area contributed by atoms with Crippen molar-refractivity contribution in [2.24, 2.45) is 0 Å². The molecule has 140 valence electrons. The predicted molar refractivity (Wildman–Crippen MR) is 109 cm³/mol. The van der Waals surface area contributed by atoms with Gasteiger partial charge in [-0.2, -0.15) is 0 Å². The van der Waals surface area contributed by atoms with E-state index in [0.717, 1.165) is 10.4 Å². The van der Waals surface area contributed by atoms with Crippen molar-refractivity contribution in [3.05, 3.63) is 69.1 Å². The summed E-state index contributed by atoms with van der Waals surface area (Å²) in [5.74, 6) is 0.934. The van der Waals surface area contributed by atoms with Crippen LogP contribution in [0.1, 0.15) is 10.4 Å². The lowest BCUT2D eigenvalue weighted by molar-refractivity contribution is -0.118. The number of nitrogens with zero attached hydrogens (tertiary/aromatic N) is 1. The van der Waals surface area contributed by atoms with Gasteiger partial charge in [0.2, 0.25) is 0 Å². The van der Waals surface area contributed by atoms with Gasteiger partial charge < -0.3 is 9.47 Å². The lowest BCUT2D eigenvalue weighted by atomic mass is 10.1. The Hall–Kier alpha value is -2.28. The number of aromatic nitrogens is 1. The Balaban J connectivity index is 1.54. The van der Waals surface area contributed by atoms with Crippen LogP contribution in [0.25, 0.3) is 0 Å². The second-order valence-electron chi connectivity index (χ2n) is 5.56. The Bertz CT molecular complexity index is 946. The van der Waals surface area contributed by atoms with Gasteiger partial charge in [-0.3, -0.25) is 10.1 Å². The van der Waals surface area contributed by atoms with Crippen molar-refractivity contribution in [3.8, 4) is 11.5 Å². The van der Waals surface area contributed by atoms with Crippen LogP contribution in [0.3, 0.4) is 0 Å². The third kappa shape index (κ3) is 5.60. The molecule has 1 heterocycles. The number of hydrogen-bond donors (Lipinski definition) is 1. The van der Waals surface area contributed by atoms with Gasteiger partial charge in [0, 0.05) is 33.6 Å². The highest BCUT2D eigenvalue weighted by Crippen LogP contribution is 2.27. The topological polar surface area (TPSA) is 60.5 Å². The molecule has 0 bridgehead atoms. The van der Waals surface area contributed by atoms with Crippen LogP contribution < -0.4 is 14.8 Å². The zero-order chi connectivity index (χ0) is 19.2. The monoisotopic (exact) mass is 422 g/mol. The Morgan fingerprint density at radius 3 is 2.78 bits per heavy atom. The number of hydrogen-bond acceptors (Lipinski definition) is 5. The summed E-state index contributed by atoms with van der Waals surface area (Å²) in [4.78, 5) is 17.3. The molecule has 1 aromatic heterocycles. The average Bonchev–Trinajstić information content (AvgIpc) is 3.09. The van der Waals surface area contributed by atoms with Crippen molar-refractivity contribution in [2.75, 3.05) is 19.0 Å². The first-order valence-corrected chi connectivity index (χ1v) is 9.56. The predicted octanol–water partition coefficient (Wildman–Crippen LogP) is 5.07. The zero-order valence-corrected chi connectivity index (χ0v) is 16.7. The number of nitrogens with one attached hydrogen (secondary N) is 1. The van der Waals surface area contributed by atoms with Crippen LogP contribution in [0.15, 0.2) is 48.7 Å². The number of carbonyl (C=O) groups excluding carboxylic acids is 1. The van der Waals surface area contributed by atoms with E-state index < -0.39 is 0 Å². The van der Waals surface area contributed by atoms with Crippen LogP contribution in [-0.2, 0) is 11.2 Å². The summed E-state index contributed by atoms with van der Waals surface area (Å²) in [6.45, 7) is -0.120. The Kier molecular flexibility index (Phi) is 6.55. The van der Waals surface area contributed by atoms with E-state index in [1.807, 2.05) is 6.07 Å². The number of amides is 1. The minimum Gasteiger partial charge on any atom is -0.497 e. The number of halogens is 2. The largest absolute Gasteiger partial charge is 0.497 e. The van der Waals surface area contributed by atoms with Gasteiger partial charge in [0.15, 0.2) is 11.7 Å². The normalized spacial score (nSPS) is 10.5. The molecule has 0 atom stereocenters. The van der Waals surface area contributed by atoms with Gasteiger partial charge in [-0.1, -0.05) is 35.3 Å². The summed E-state index contributed by atoms with van der Waals surface area (Å²) in [7, 11) is 1.57. The molecule has 2 aromatic carbocycles. The lowest BCUT2D eigenvalue weighted by Gasteiger charge is -2.07. The summed E-state index contributed by atoms with van der Waals surface area (Å²) in [6, 6.07) is 12.4. The van der Waals surface area contributed by atoms with E-state index in [-0.39, 0.29) is 12.5 Å². The van der Waals surface area contributed by atoms with Crippen molar-refractivity contribution >= 4 is 45.6 Å². The summed E-state index contributed by atoms with van der Waals surface area (Å²) in [5.41, 5.74) is 0.948. The summed E-state index contributed by atoms with van der Waals surface area (Å²) in [5, 5.41) is 4.44. The standard InChI is InChI=1S/C19H16Cl2N2O3S/c1-25-14-3-2-4-15(9-14)26-11-18(24)23-19-22-10-16(27-19)7-12-5-6-13(20)8-17(12)21/h2-6,8-10H,7,11H2,1H3,(H,22,23,24). The second kappa shape index (κ2) is 9.08. The molecule has 8 heteroatoms. The van der Waals surface area contributed by atoms with Crippen molar-refractivity contribution in [1.82, 2.24) is 4.98 Å². The molecule has 0 saturated carbocycles. The fourth-order valence-electron chi connectivity index (χ4n) is 2.29. The molecule has 3 aromatic rings. The summed E-state index contributed by atoms with van der Waals surface area (Å²) < 4.78 is 10.6. The van der Waals surface area contributed by atoms with E-state index in [9.17, 15) is 4.79 Å². The second-order valence-corrected chi connectivity index (χ2v) is 7.52. The van der Waals surface area contributed by atoms with Gasteiger partial charge in [-0.25, -0.2) is 4.98 Å². The third-order valence-corrected chi connectivity index (χ3v) is 5.09. The maximum atomic E-state index is 12.1. The lowest BCUT2D eigenvalue weighted by Crippen LogP contribution is -2.19. The number of carbonyl (C=O) groups is 1. The van der Waals surface area contributed by atoms with Crippen LogP contribution >= 0.6 is 34.5 Å². The van der Waals surface area contributed by atoms with E-state index in [1.165, 1.54) is 11.3 Å². The van der Waals surface area contributed by atoms with E-state index in [2.05, 4.69) is 10.3 Å². The van der Waals surface area contributed by atoms with Crippen LogP contribution in [-0.4, -0.2) is 24.6 Å². The Morgan fingerprint density at radius 1 is 1.19 bits per heavy atom. The number of ether oxygens (including phenoxy) is 2. The van der Waals surface area contributed by atoms with Crippen LogP contribution in [0.2, 0.25) is 10.0 Å². The summed E-state index contributed by atoms with van der Waals surface area (Å²) in [6.07, 6.45) is 2.33. The third-order valence-electron chi connectivity index (χ3n) is 3.59. The maximum absolute atomic E-state index is 12.1. The number of benzene rings is 2. The molecule has 1 amide bonds. The fraction of sp³-hybridized carbons (Fsp3) is 0.158. The molecule has 3 rings (SSSR count). The quantitative estimate of drug-likeness (QED) is 0.577. The molecule has 0 spiro atoms. The molecular weight excluding hydrogens is 407 g/mol. The average molecular weight is 423 g/mol. The van der Waals surface area contributed by atoms with E-state index in [4.69, 9.17) is 32.7 Å². The molecule has 0 saturated heterocycles. The van der Waals surface area contributed by atoms with Gasteiger partial charge in [-0.15, -0.1) is 11.3 Å². The van der Waals surface area contributed by atoms with Crippen molar-refractivity contribution in [3.63, 3.8) is 0 Å². The Morgan fingerprint density at radius 2 is 2.00 bits per heavy atom. The van der Waals surface area contributed by atoms with Gasteiger partial charge in [0.05, 0.1) is 7.11 Å². The molecule has 5 nitrogen and oxygen atoms in total. The van der Waals surface area contributed by atoms with Gasteiger partial charge >= 0.3 is 0 Å². The Labute approximate surface area is 170 Å². The molecule has 1 N–H and O–H groups in total. The van der Waals surface area contributed by atoms with Crippen LogP contribution in [0.5, 0.6) is 11.5 Å². The van der Waals surface area contributed by atoms with Crippen molar-refractivity contribution in [2.45, 2.75) is 6.42 Å². The first-order valence-electron chi connectivity index (χ1n) is 7.99. The van der Waals surface area contributed by atoms with Gasteiger partial charge in [-0.05, 0) is 29.8 Å². The van der Waals surface area contributed by atoms with Crippen LogP contribution in [0.4, 0.5) is 5.13 Å². The highest BCUT2D eigenvalue weighted by atomic mass is 35.5. The molecule has 0 fully saturated rings.